The van der Waals surface area contributed by atoms with Gasteiger partial charge >= 0.3 is 54.3 Å². The van der Waals surface area contributed by atoms with Gasteiger partial charge in [0.25, 0.3) is 0 Å². The molecular formula is C8H8BF12Na. The van der Waals surface area contributed by atoms with E-state index in [9.17, 15) is 52.7 Å². The summed E-state index contributed by atoms with van der Waals surface area (Å²) >= 11 is 0. The molecule has 14 heteroatoms. The molecule has 0 N–H and O–H groups in total. The van der Waals surface area contributed by atoms with Crippen molar-refractivity contribution in [3.63, 3.8) is 0 Å². The maximum absolute atomic E-state index is 12.2. The topological polar surface area (TPSA) is 0 Å². The molecular weight excluding hydrogens is 358 g/mol. The second-order valence-corrected chi connectivity index (χ2v) is 5.01. The molecule has 0 radical (unpaired) electrons. The first kappa shape index (κ1) is 24.5. The first-order valence-corrected chi connectivity index (χ1v) is 5.31. The average molecular weight is 366 g/mol. The summed E-state index contributed by atoms with van der Waals surface area (Å²) in [4.78, 5) is 0. The van der Waals surface area contributed by atoms with Crippen LogP contribution in [0.2, 0.25) is 25.3 Å². The number of hydrogen-bond donors (Lipinski definition) is 0. The molecule has 0 unspecified atom stereocenters. The predicted molar refractivity (Wildman–Crippen MR) is 49.2 cm³/mol. The fourth-order valence-electron chi connectivity index (χ4n) is 2.40. The van der Waals surface area contributed by atoms with Gasteiger partial charge in [0, 0.05) is 6.15 Å². The second kappa shape index (κ2) is 7.41. The number of alkyl halides is 12. The molecule has 0 nitrogen and oxygen atoms in total. The van der Waals surface area contributed by atoms with E-state index in [0.29, 0.717) is 0 Å². The van der Waals surface area contributed by atoms with Gasteiger partial charge in [-0.2, -0.15) is 52.7 Å². The standard InChI is InChI=1S/C8H8BF12.Na/c10-5(11,12)1-9(2-6(13,14)15,3-7(16,17)18)4-8(19,20)21;/h1-4H2;/q-1;+1. The Balaban J connectivity index is 0. The third-order valence-corrected chi connectivity index (χ3v) is 2.66. The molecule has 128 valence electrons. The number of hydrogen-bond acceptors (Lipinski definition) is 0. The molecule has 0 rings (SSSR count). The minimum absolute atomic E-state index is 0. The maximum atomic E-state index is 12.2. The molecule has 0 fully saturated rings. The summed E-state index contributed by atoms with van der Waals surface area (Å²) in [6.07, 6.45) is -38.3. The van der Waals surface area contributed by atoms with Gasteiger partial charge in [-0.25, -0.2) is 0 Å². The predicted octanol–water partition coefficient (Wildman–Crippen LogP) is 2.69. The monoisotopic (exact) mass is 366 g/mol. The minimum Gasteiger partial charge on any atom is -0.175 e. The van der Waals surface area contributed by atoms with Crippen LogP contribution >= 0.6 is 0 Å². The van der Waals surface area contributed by atoms with Gasteiger partial charge in [0.05, 0.1) is 0 Å². The van der Waals surface area contributed by atoms with Gasteiger partial charge in [0.1, 0.15) is 0 Å². The van der Waals surface area contributed by atoms with Crippen molar-refractivity contribution in [1.82, 2.24) is 0 Å². The first-order valence-electron chi connectivity index (χ1n) is 5.31. The van der Waals surface area contributed by atoms with E-state index in [0.717, 1.165) is 0 Å². The van der Waals surface area contributed by atoms with Crippen LogP contribution in [0.4, 0.5) is 52.7 Å². The molecule has 0 aromatic rings. The van der Waals surface area contributed by atoms with Crippen LogP contribution in [0.15, 0.2) is 0 Å². The van der Waals surface area contributed by atoms with Crippen molar-refractivity contribution in [2.45, 2.75) is 50.0 Å². The van der Waals surface area contributed by atoms with Crippen molar-refractivity contribution < 1.29 is 82.2 Å². The van der Waals surface area contributed by atoms with Crippen molar-refractivity contribution >= 4 is 6.15 Å². The van der Waals surface area contributed by atoms with Crippen LogP contribution in [0.5, 0.6) is 0 Å². The summed E-state index contributed by atoms with van der Waals surface area (Å²) in [5.74, 6) is 0. The Morgan fingerprint density at radius 1 is 0.409 bits per heavy atom. The molecule has 0 spiro atoms. The van der Waals surface area contributed by atoms with Crippen molar-refractivity contribution in [2.24, 2.45) is 0 Å². The normalized spacial score (nSPS) is 14.7. The van der Waals surface area contributed by atoms with Gasteiger partial charge in [0.2, 0.25) is 0 Å². The zero-order valence-electron chi connectivity index (χ0n) is 10.9. The van der Waals surface area contributed by atoms with Gasteiger partial charge in [-0.3, -0.25) is 0 Å². The van der Waals surface area contributed by atoms with Crippen molar-refractivity contribution in [3.05, 3.63) is 0 Å². The summed E-state index contributed by atoms with van der Waals surface area (Å²) in [6, 6.07) is 0. The van der Waals surface area contributed by atoms with E-state index in [2.05, 4.69) is 0 Å². The molecule has 0 aliphatic heterocycles. The molecule has 0 amide bonds. The molecule has 0 aliphatic rings. The fraction of sp³-hybridized carbons (Fsp3) is 1.00. The smallest absolute Gasteiger partial charge is 0.175 e. The zero-order chi connectivity index (χ0) is 17.3. The van der Waals surface area contributed by atoms with E-state index in [1.54, 1.807) is 0 Å². The van der Waals surface area contributed by atoms with Crippen molar-refractivity contribution in [3.8, 4) is 0 Å². The van der Waals surface area contributed by atoms with Gasteiger partial charge < -0.3 is 0 Å². The summed E-state index contributed by atoms with van der Waals surface area (Å²) in [6.45, 7) is 0. The average Bonchev–Trinajstić information content (AvgIpc) is 1.83. The third-order valence-electron chi connectivity index (χ3n) is 2.66. The van der Waals surface area contributed by atoms with Crippen LogP contribution in [0, 0.1) is 0 Å². The molecule has 0 saturated carbocycles. The van der Waals surface area contributed by atoms with Crippen molar-refractivity contribution in [1.29, 1.82) is 0 Å². The van der Waals surface area contributed by atoms with Crippen LogP contribution in [0.1, 0.15) is 0 Å². The van der Waals surface area contributed by atoms with E-state index < -0.39 is 56.1 Å². The first-order chi connectivity index (χ1) is 8.83. The molecule has 0 aromatic carbocycles. The zero-order valence-corrected chi connectivity index (χ0v) is 12.9. The molecule has 0 aliphatic carbocycles. The maximum Gasteiger partial charge on any atom is 1.00 e. The van der Waals surface area contributed by atoms with Gasteiger partial charge in [0.15, 0.2) is 0 Å². The second-order valence-electron chi connectivity index (χ2n) is 5.01. The third kappa shape index (κ3) is 12.7. The van der Waals surface area contributed by atoms with E-state index in [-0.39, 0.29) is 29.6 Å². The Morgan fingerprint density at radius 3 is 0.636 bits per heavy atom. The van der Waals surface area contributed by atoms with Crippen LogP contribution in [-0.2, 0) is 0 Å². The van der Waals surface area contributed by atoms with Gasteiger partial charge in [-0.1, -0.05) is 25.3 Å². The van der Waals surface area contributed by atoms with E-state index in [4.69, 9.17) is 0 Å². The summed E-state index contributed by atoms with van der Waals surface area (Å²) in [5, 5.41) is 0. The largest absolute Gasteiger partial charge is 1.00 e. The molecule has 0 saturated heterocycles. The SMILES string of the molecule is FC(F)(F)C[B-](CC(F)(F)F)(CC(F)(F)F)CC(F)(F)F.[Na+]. The Labute approximate surface area is 138 Å². The van der Waals surface area contributed by atoms with Crippen molar-refractivity contribution in [2.75, 3.05) is 0 Å². The molecule has 0 bridgehead atoms. The summed E-state index contributed by atoms with van der Waals surface area (Å²) in [5.41, 5.74) is 0. The molecule has 0 aromatic heterocycles. The van der Waals surface area contributed by atoms with E-state index in [1.807, 2.05) is 0 Å². The summed E-state index contributed by atoms with van der Waals surface area (Å²) < 4.78 is 146. The quantitative estimate of drug-likeness (QED) is 0.531. The fourth-order valence-corrected chi connectivity index (χ4v) is 2.40. The molecule has 22 heavy (non-hydrogen) atoms. The number of halogens is 12. The van der Waals surface area contributed by atoms with Gasteiger partial charge in [-0.05, 0) is 0 Å². The summed E-state index contributed by atoms with van der Waals surface area (Å²) in [7, 11) is 0. The molecule has 0 heterocycles. The Hall–Kier alpha value is 0.225. The van der Waals surface area contributed by atoms with E-state index in [1.165, 1.54) is 0 Å². The minimum atomic E-state index is -5.58. The Morgan fingerprint density at radius 2 is 0.545 bits per heavy atom. The van der Waals surface area contributed by atoms with Crippen LogP contribution in [0.3, 0.4) is 0 Å². The van der Waals surface area contributed by atoms with Gasteiger partial charge in [-0.15, -0.1) is 0 Å². The van der Waals surface area contributed by atoms with Crippen LogP contribution in [0.25, 0.3) is 0 Å². The van der Waals surface area contributed by atoms with E-state index >= 15 is 0 Å². The number of rotatable bonds is 4. The Bertz CT molecular complexity index is 267. The Kier molecular flexibility index (Phi) is 8.25. The van der Waals surface area contributed by atoms with Crippen LogP contribution < -0.4 is 29.6 Å². The molecule has 0 atom stereocenters. The van der Waals surface area contributed by atoms with Crippen LogP contribution in [-0.4, -0.2) is 30.9 Å².